The molecule has 1 aliphatic carbocycles. The number of carbonyl (C=O) groups excluding carboxylic acids is 1. The molecule has 3 heteroatoms. The maximum atomic E-state index is 11.4. The van der Waals surface area contributed by atoms with E-state index in [2.05, 4.69) is 11.2 Å². The van der Waals surface area contributed by atoms with Crippen LogP contribution in [-0.2, 0) is 4.79 Å². The highest BCUT2D eigenvalue weighted by Crippen LogP contribution is 2.17. The van der Waals surface area contributed by atoms with Crippen LogP contribution in [0.15, 0.2) is 0 Å². The third kappa shape index (κ3) is 3.08. The molecule has 0 bridgehead atoms. The Morgan fingerprint density at radius 3 is 2.77 bits per heavy atom. The van der Waals surface area contributed by atoms with Gasteiger partial charge in [-0.1, -0.05) is 12.8 Å². The van der Waals surface area contributed by atoms with Crippen molar-refractivity contribution in [2.45, 2.75) is 44.2 Å². The Kier molecular flexibility index (Phi) is 3.78. The predicted molar refractivity (Wildman–Crippen MR) is 51.8 cm³/mol. The molecular formula is C10H16N2O. The molecule has 1 rings (SSSR count). The Labute approximate surface area is 79.1 Å². The lowest BCUT2D eigenvalue weighted by molar-refractivity contribution is -0.122. The van der Waals surface area contributed by atoms with Crippen molar-refractivity contribution in [3.05, 3.63) is 0 Å². The molecule has 0 heterocycles. The van der Waals surface area contributed by atoms with E-state index in [0.29, 0.717) is 12.5 Å². The molecule has 0 aromatic carbocycles. The summed E-state index contributed by atoms with van der Waals surface area (Å²) in [5.41, 5.74) is 5.55. The molecule has 0 aromatic heterocycles. The lowest BCUT2D eigenvalue weighted by Gasteiger charge is -2.14. The van der Waals surface area contributed by atoms with Gasteiger partial charge in [0.05, 0.1) is 6.04 Å². The third-order valence-electron chi connectivity index (χ3n) is 2.38. The van der Waals surface area contributed by atoms with Crippen molar-refractivity contribution in [2.75, 3.05) is 0 Å². The van der Waals surface area contributed by atoms with Gasteiger partial charge in [0.25, 0.3) is 0 Å². The average Bonchev–Trinajstić information content (AvgIpc) is 2.57. The van der Waals surface area contributed by atoms with Crippen molar-refractivity contribution < 1.29 is 4.79 Å². The first-order valence-corrected chi connectivity index (χ1v) is 4.73. The normalized spacial score (nSPS) is 19.4. The summed E-state index contributed by atoms with van der Waals surface area (Å²) in [6.45, 7) is 0. The smallest absolute Gasteiger partial charge is 0.238 e. The molecule has 1 saturated carbocycles. The van der Waals surface area contributed by atoms with Crippen molar-refractivity contribution in [1.29, 1.82) is 0 Å². The van der Waals surface area contributed by atoms with E-state index in [1.807, 2.05) is 0 Å². The van der Waals surface area contributed by atoms with E-state index in [4.69, 9.17) is 12.2 Å². The van der Waals surface area contributed by atoms with E-state index in [1.54, 1.807) is 0 Å². The lowest BCUT2D eigenvalue weighted by atomic mass is 10.2. The molecule has 0 spiro atoms. The maximum Gasteiger partial charge on any atom is 0.238 e. The summed E-state index contributed by atoms with van der Waals surface area (Å²) < 4.78 is 0. The highest BCUT2D eigenvalue weighted by Gasteiger charge is 2.19. The third-order valence-corrected chi connectivity index (χ3v) is 2.38. The van der Waals surface area contributed by atoms with E-state index >= 15 is 0 Å². The zero-order valence-corrected chi connectivity index (χ0v) is 7.75. The minimum absolute atomic E-state index is 0.107. The average molecular weight is 180 g/mol. The van der Waals surface area contributed by atoms with Crippen molar-refractivity contribution >= 4 is 5.91 Å². The Bertz CT molecular complexity index is 213. The summed E-state index contributed by atoms with van der Waals surface area (Å²) in [5, 5.41) is 2.90. The molecule has 1 amide bonds. The van der Waals surface area contributed by atoms with Crippen LogP contribution in [0.4, 0.5) is 0 Å². The number of nitrogens with one attached hydrogen (secondary N) is 1. The van der Waals surface area contributed by atoms with Gasteiger partial charge in [-0.15, -0.1) is 12.3 Å². The van der Waals surface area contributed by atoms with Crippen LogP contribution in [0.1, 0.15) is 32.1 Å². The second kappa shape index (κ2) is 4.88. The number of terminal acetylenes is 1. The summed E-state index contributed by atoms with van der Waals surface area (Å²) in [6.07, 6.45) is 9.95. The quantitative estimate of drug-likeness (QED) is 0.617. The molecule has 0 aromatic rings. The Morgan fingerprint density at radius 2 is 2.23 bits per heavy atom. The maximum absolute atomic E-state index is 11.4. The van der Waals surface area contributed by atoms with Crippen molar-refractivity contribution in [2.24, 2.45) is 5.73 Å². The van der Waals surface area contributed by atoms with Crippen LogP contribution >= 0.6 is 0 Å². The fourth-order valence-corrected chi connectivity index (χ4v) is 1.60. The minimum Gasteiger partial charge on any atom is -0.352 e. The molecule has 3 N–H and O–H groups in total. The summed E-state index contributed by atoms with van der Waals surface area (Å²) in [7, 11) is 0. The van der Waals surface area contributed by atoms with Gasteiger partial charge in [-0.25, -0.2) is 0 Å². The van der Waals surface area contributed by atoms with Crippen LogP contribution in [0.5, 0.6) is 0 Å². The van der Waals surface area contributed by atoms with Crippen molar-refractivity contribution in [3.8, 4) is 12.3 Å². The van der Waals surface area contributed by atoms with Gasteiger partial charge in [0.15, 0.2) is 0 Å². The van der Waals surface area contributed by atoms with Gasteiger partial charge in [0, 0.05) is 12.5 Å². The molecule has 3 nitrogen and oxygen atoms in total. The van der Waals surface area contributed by atoms with E-state index in [1.165, 1.54) is 12.8 Å². The second-order valence-electron chi connectivity index (χ2n) is 3.50. The Morgan fingerprint density at radius 1 is 1.62 bits per heavy atom. The van der Waals surface area contributed by atoms with Crippen molar-refractivity contribution in [3.63, 3.8) is 0 Å². The standard InChI is InChI=1S/C10H16N2O/c1-2-5-9(11)10(13)12-8-6-3-4-7-8/h1,8-9H,3-7,11H2,(H,12,13). The summed E-state index contributed by atoms with van der Waals surface area (Å²) in [5.74, 6) is 2.28. The predicted octanol–water partition coefficient (Wildman–Crippen LogP) is 0.396. The minimum atomic E-state index is -0.536. The lowest BCUT2D eigenvalue weighted by Crippen LogP contribution is -2.44. The zero-order chi connectivity index (χ0) is 9.68. The fourth-order valence-electron chi connectivity index (χ4n) is 1.60. The number of nitrogens with two attached hydrogens (primary N) is 1. The highest BCUT2D eigenvalue weighted by molar-refractivity contribution is 5.82. The van der Waals surface area contributed by atoms with Gasteiger partial charge < -0.3 is 11.1 Å². The summed E-state index contributed by atoms with van der Waals surface area (Å²) >= 11 is 0. The van der Waals surface area contributed by atoms with Gasteiger partial charge in [0.2, 0.25) is 5.91 Å². The van der Waals surface area contributed by atoms with Crippen LogP contribution in [0.25, 0.3) is 0 Å². The number of carbonyl (C=O) groups is 1. The van der Waals surface area contributed by atoms with Gasteiger partial charge in [-0.2, -0.15) is 0 Å². The molecule has 72 valence electrons. The van der Waals surface area contributed by atoms with Gasteiger partial charge in [-0.05, 0) is 12.8 Å². The molecule has 1 fully saturated rings. The summed E-state index contributed by atoms with van der Waals surface area (Å²) in [4.78, 5) is 11.4. The van der Waals surface area contributed by atoms with Crippen molar-refractivity contribution in [1.82, 2.24) is 5.32 Å². The monoisotopic (exact) mass is 180 g/mol. The van der Waals surface area contributed by atoms with Crippen LogP contribution < -0.4 is 11.1 Å². The molecule has 1 unspecified atom stereocenters. The Hall–Kier alpha value is -1.01. The zero-order valence-electron chi connectivity index (χ0n) is 7.75. The molecule has 0 radical (unpaired) electrons. The van der Waals surface area contributed by atoms with E-state index in [9.17, 15) is 4.79 Å². The summed E-state index contributed by atoms with van der Waals surface area (Å²) in [6, 6.07) is -0.207. The molecule has 0 aliphatic heterocycles. The number of rotatable bonds is 3. The number of hydrogen-bond acceptors (Lipinski definition) is 2. The topological polar surface area (TPSA) is 55.1 Å². The van der Waals surface area contributed by atoms with E-state index in [-0.39, 0.29) is 5.91 Å². The van der Waals surface area contributed by atoms with Crippen LogP contribution in [0, 0.1) is 12.3 Å². The van der Waals surface area contributed by atoms with Gasteiger partial charge in [0.1, 0.15) is 0 Å². The van der Waals surface area contributed by atoms with Crippen LogP contribution in [0.2, 0.25) is 0 Å². The molecule has 0 saturated heterocycles. The van der Waals surface area contributed by atoms with Crippen LogP contribution in [-0.4, -0.2) is 18.0 Å². The van der Waals surface area contributed by atoms with E-state index < -0.39 is 6.04 Å². The fraction of sp³-hybridized carbons (Fsp3) is 0.700. The first kappa shape index (κ1) is 10.1. The molecule has 1 atom stereocenters. The highest BCUT2D eigenvalue weighted by atomic mass is 16.2. The SMILES string of the molecule is C#CCC(N)C(=O)NC1CCCC1. The first-order chi connectivity index (χ1) is 6.24. The largest absolute Gasteiger partial charge is 0.352 e. The molecule has 13 heavy (non-hydrogen) atoms. The van der Waals surface area contributed by atoms with E-state index in [0.717, 1.165) is 12.8 Å². The first-order valence-electron chi connectivity index (χ1n) is 4.73. The Balaban J connectivity index is 2.27. The second-order valence-corrected chi connectivity index (χ2v) is 3.50. The van der Waals surface area contributed by atoms with Crippen LogP contribution in [0.3, 0.4) is 0 Å². The number of amides is 1. The van der Waals surface area contributed by atoms with Gasteiger partial charge >= 0.3 is 0 Å². The molecule has 1 aliphatic rings. The number of hydrogen-bond donors (Lipinski definition) is 2. The molecular weight excluding hydrogens is 164 g/mol. The van der Waals surface area contributed by atoms with Gasteiger partial charge in [-0.3, -0.25) is 4.79 Å².